The lowest BCUT2D eigenvalue weighted by Crippen LogP contribution is -2.58. The van der Waals surface area contributed by atoms with Crippen LogP contribution in [-0.4, -0.2) is 72.4 Å². The molecule has 0 saturated heterocycles. The highest BCUT2D eigenvalue weighted by Gasteiger charge is 2.34. The summed E-state index contributed by atoms with van der Waals surface area (Å²) in [4.78, 5) is 31.4. The number of aliphatic hydroxyl groups excluding tert-OH is 1. The number of hydrogen-bond acceptors (Lipinski definition) is 7. The quantitative estimate of drug-likeness (QED) is 0.123. The lowest BCUT2D eigenvalue weighted by atomic mass is 9.94. The van der Waals surface area contributed by atoms with Gasteiger partial charge in [0.15, 0.2) is 0 Å². The lowest BCUT2D eigenvalue weighted by molar-refractivity contribution is -0.130. The molecule has 0 aliphatic rings. The number of carbonyl (C=O) groups excluding carboxylic acids is 2. The molecule has 0 fully saturated rings. The van der Waals surface area contributed by atoms with Gasteiger partial charge in [-0.1, -0.05) is 76.2 Å². The van der Waals surface area contributed by atoms with Gasteiger partial charge in [0, 0.05) is 30.2 Å². The fraction of sp³-hybridized carbons (Fsp3) is 0.410. The second kappa shape index (κ2) is 17.3. The number of aliphatic hydroxyl groups is 1. The van der Waals surface area contributed by atoms with Crippen molar-refractivity contribution in [2.24, 2.45) is 11.8 Å². The van der Waals surface area contributed by atoms with Crippen molar-refractivity contribution >= 4 is 32.7 Å². The Morgan fingerprint density at radius 3 is 2.29 bits per heavy atom. The molecule has 274 valence electrons. The highest BCUT2D eigenvalue weighted by atomic mass is 32.2. The van der Waals surface area contributed by atoms with Crippen LogP contribution in [0.1, 0.15) is 52.7 Å². The number of fused-ring (bicyclic) bond motifs is 1. The monoisotopic (exact) mass is 719 g/mol. The lowest BCUT2D eigenvalue weighted by Gasteiger charge is -2.32. The molecule has 1 heterocycles. The van der Waals surface area contributed by atoms with Crippen LogP contribution >= 0.6 is 0 Å². The van der Waals surface area contributed by atoms with Crippen molar-refractivity contribution in [3.63, 3.8) is 0 Å². The SMILES string of the molecule is CC(C)CN(C[C@@H](O)[C@H](Cc1ccccc1)NC(=O)[C@@H](NC(=O)CNC(C)(C)c1cccc(F)c1)C(C)C)S(=O)(=O)c1ccc2ncccc2c1. The van der Waals surface area contributed by atoms with Crippen molar-refractivity contribution < 1.29 is 27.5 Å². The van der Waals surface area contributed by atoms with Crippen molar-refractivity contribution in [1.82, 2.24) is 25.2 Å². The second-order valence-electron chi connectivity index (χ2n) is 14.2. The molecule has 0 aliphatic carbocycles. The smallest absolute Gasteiger partial charge is 0.243 e. The molecule has 12 heteroatoms. The van der Waals surface area contributed by atoms with Gasteiger partial charge in [-0.05, 0) is 79.6 Å². The molecule has 0 unspecified atom stereocenters. The van der Waals surface area contributed by atoms with E-state index in [1.54, 1.807) is 56.4 Å². The summed E-state index contributed by atoms with van der Waals surface area (Å²) in [5, 5.41) is 21.3. The summed E-state index contributed by atoms with van der Waals surface area (Å²) in [5.41, 5.74) is 1.43. The van der Waals surface area contributed by atoms with Gasteiger partial charge in [0.1, 0.15) is 11.9 Å². The topological polar surface area (TPSA) is 141 Å². The third-order valence-corrected chi connectivity index (χ3v) is 10.6. The van der Waals surface area contributed by atoms with Gasteiger partial charge in [-0.2, -0.15) is 4.31 Å². The molecule has 4 aromatic rings. The van der Waals surface area contributed by atoms with Gasteiger partial charge in [-0.3, -0.25) is 19.9 Å². The molecule has 0 aliphatic heterocycles. The molecule has 2 amide bonds. The number of halogens is 1. The van der Waals surface area contributed by atoms with Gasteiger partial charge in [-0.15, -0.1) is 0 Å². The molecule has 4 rings (SSSR count). The van der Waals surface area contributed by atoms with E-state index in [2.05, 4.69) is 20.9 Å². The zero-order valence-electron chi connectivity index (χ0n) is 30.1. The maximum absolute atomic E-state index is 14.0. The number of nitrogens with one attached hydrogen (secondary N) is 3. The number of nitrogens with zero attached hydrogens (tertiary/aromatic N) is 2. The van der Waals surface area contributed by atoms with Crippen LogP contribution < -0.4 is 16.0 Å². The number of pyridine rings is 1. The predicted molar refractivity (Wildman–Crippen MR) is 198 cm³/mol. The fourth-order valence-electron chi connectivity index (χ4n) is 5.84. The van der Waals surface area contributed by atoms with Crippen molar-refractivity contribution in [1.29, 1.82) is 0 Å². The third-order valence-electron chi connectivity index (χ3n) is 8.77. The average molecular weight is 720 g/mol. The van der Waals surface area contributed by atoms with Crippen LogP contribution in [0.15, 0.2) is 96.0 Å². The summed E-state index contributed by atoms with van der Waals surface area (Å²) in [5.74, 6) is -1.71. The Morgan fingerprint density at radius 1 is 0.902 bits per heavy atom. The van der Waals surface area contributed by atoms with E-state index < -0.39 is 45.6 Å². The number of hydrogen-bond donors (Lipinski definition) is 4. The van der Waals surface area contributed by atoms with Gasteiger partial charge in [-0.25, -0.2) is 12.8 Å². The van der Waals surface area contributed by atoms with Gasteiger partial charge in [0.2, 0.25) is 21.8 Å². The molecule has 10 nitrogen and oxygen atoms in total. The van der Waals surface area contributed by atoms with E-state index in [-0.39, 0.29) is 48.6 Å². The molecular formula is C39H50FN5O5S. The van der Waals surface area contributed by atoms with Crippen molar-refractivity contribution in [3.05, 3.63) is 108 Å². The van der Waals surface area contributed by atoms with E-state index in [4.69, 9.17) is 0 Å². The molecular weight excluding hydrogens is 670 g/mol. The highest BCUT2D eigenvalue weighted by Crippen LogP contribution is 2.23. The van der Waals surface area contributed by atoms with Gasteiger partial charge in [0.25, 0.3) is 0 Å². The van der Waals surface area contributed by atoms with Crippen molar-refractivity contribution in [2.75, 3.05) is 19.6 Å². The Bertz CT molecular complexity index is 1890. The summed E-state index contributed by atoms with van der Waals surface area (Å²) in [6, 6.07) is 21.8. The molecule has 1 aromatic heterocycles. The van der Waals surface area contributed by atoms with Crippen LogP contribution in [0.2, 0.25) is 0 Å². The first-order valence-electron chi connectivity index (χ1n) is 17.2. The predicted octanol–water partition coefficient (Wildman–Crippen LogP) is 4.77. The molecule has 0 radical (unpaired) electrons. The number of sulfonamides is 1. The maximum Gasteiger partial charge on any atom is 0.243 e. The molecule has 0 bridgehead atoms. The van der Waals surface area contributed by atoms with Crippen LogP contribution in [0.25, 0.3) is 10.9 Å². The minimum Gasteiger partial charge on any atom is -0.390 e. The first kappa shape index (κ1) is 39.6. The number of carbonyl (C=O) groups is 2. The molecule has 4 N–H and O–H groups in total. The maximum atomic E-state index is 14.0. The van der Waals surface area contributed by atoms with Crippen molar-refractivity contribution in [3.8, 4) is 0 Å². The third kappa shape index (κ3) is 10.9. The summed E-state index contributed by atoms with van der Waals surface area (Å²) in [7, 11) is -4.06. The number of benzene rings is 3. The second-order valence-corrected chi connectivity index (χ2v) is 16.2. The number of aromatic nitrogens is 1. The molecule has 3 aromatic carbocycles. The Hall–Kier alpha value is -4.23. The first-order chi connectivity index (χ1) is 24.1. The van der Waals surface area contributed by atoms with Crippen LogP contribution in [0, 0.1) is 17.7 Å². The first-order valence-corrected chi connectivity index (χ1v) is 18.7. The fourth-order valence-corrected chi connectivity index (χ4v) is 7.50. The molecule has 51 heavy (non-hydrogen) atoms. The minimum atomic E-state index is -4.06. The summed E-state index contributed by atoms with van der Waals surface area (Å²) in [6.07, 6.45) is 0.552. The van der Waals surface area contributed by atoms with E-state index in [9.17, 15) is 27.5 Å². The van der Waals surface area contributed by atoms with Crippen LogP contribution in [-0.2, 0) is 31.6 Å². The Morgan fingerprint density at radius 2 is 1.63 bits per heavy atom. The Balaban J connectivity index is 1.53. The average Bonchev–Trinajstić information content (AvgIpc) is 3.09. The van der Waals surface area contributed by atoms with Crippen LogP contribution in [0.3, 0.4) is 0 Å². The largest absolute Gasteiger partial charge is 0.390 e. The van der Waals surface area contributed by atoms with E-state index in [1.807, 2.05) is 58.0 Å². The number of amides is 2. The van der Waals surface area contributed by atoms with E-state index in [0.29, 0.717) is 16.5 Å². The van der Waals surface area contributed by atoms with E-state index in [1.165, 1.54) is 22.5 Å². The highest BCUT2D eigenvalue weighted by molar-refractivity contribution is 7.89. The minimum absolute atomic E-state index is 0.0590. The Kier molecular flexibility index (Phi) is 13.4. The van der Waals surface area contributed by atoms with Gasteiger partial charge in [0.05, 0.1) is 29.1 Å². The van der Waals surface area contributed by atoms with Gasteiger partial charge >= 0.3 is 0 Å². The zero-order valence-corrected chi connectivity index (χ0v) is 31.0. The van der Waals surface area contributed by atoms with Crippen LogP contribution in [0.4, 0.5) is 4.39 Å². The summed E-state index contributed by atoms with van der Waals surface area (Å²) >= 11 is 0. The molecule has 0 saturated carbocycles. The van der Waals surface area contributed by atoms with Gasteiger partial charge < -0.3 is 15.7 Å². The zero-order chi connectivity index (χ0) is 37.3. The number of rotatable bonds is 17. The van der Waals surface area contributed by atoms with Crippen molar-refractivity contribution in [2.45, 2.75) is 76.6 Å². The van der Waals surface area contributed by atoms with E-state index in [0.717, 1.165) is 5.56 Å². The van der Waals surface area contributed by atoms with E-state index >= 15 is 0 Å². The normalized spacial score (nSPS) is 14.1. The molecule has 3 atom stereocenters. The Labute approximate surface area is 300 Å². The summed E-state index contributed by atoms with van der Waals surface area (Å²) in [6.45, 7) is 10.8. The summed E-state index contributed by atoms with van der Waals surface area (Å²) < 4.78 is 43.2. The van der Waals surface area contributed by atoms with Crippen LogP contribution in [0.5, 0.6) is 0 Å². The molecule has 0 spiro atoms. The standard InChI is InChI=1S/C39H50FN5O5S/c1-26(2)24-45(51(49,50)32-17-18-33-29(21-32)14-11-19-41-33)25-35(46)34(20-28-12-8-7-9-13-28)43-38(48)37(27(3)4)44-36(47)23-42-39(5,6)30-15-10-16-31(40)22-30/h7-19,21-22,26-27,34-35,37,42,46H,20,23-25H2,1-6H3,(H,43,48)(H,44,47)/t34-,35+,37-/m0/s1.